The van der Waals surface area contributed by atoms with E-state index in [9.17, 15) is 4.79 Å². The topological polar surface area (TPSA) is 43.8 Å². The van der Waals surface area contributed by atoms with Gasteiger partial charge >= 0.3 is 0 Å². The van der Waals surface area contributed by atoms with Crippen LogP contribution >= 0.6 is 11.3 Å². The zero-order chi connectivity index (χ0) is 15.5. The standard InChI is InChI=1S/C16H22N2O2S/c1-16(2)15(20)17(3)8-9-18(16)12-14-13(7-11-21-14)6-4-5-10-19/h7,11,19H,5,8-10,12H2,1-3H3. The molecule has 4 nitrogen and oxygen atoms in total. The van der Waals surface area contributed by atoms with E-state index in [4.69, 9.17) is 5.11 Å². The molecule has 1 aliphatic rings. The molecular formula is C16H22N2O2S. The second-order valence-corrected chi connectivity index (χ2v) is 6.74. The molecular weight excluding hydrogens is 284 g/mol. The van der Waals surface area contributed by atoms with Gasteiger partial charge in [-0.2, -0.15) is 0 Å². The number of nitrogens with zero attached hydrogens (tertiary/aromatic N) is 2. The first-order valence-electron chi connectivity index (χ1n) is 7.13. The summed E-state index contributed by atoms with van der Waals surface area (Å²) >= 11 is 1.67. The molecule has 1 N–H and O–H groups in total. The molecule has 0 atom stereocenters. The van der Waals surface area contributed by atoms with E-state index >= 15 is 0 Å². The van der Waals surface area contributed by atoms with Gasteiger partial charge in [0.15, 0.2) is 0 Å². The fourth-order valence-electron chi connectivity index (χ4n) is 2.49. The van der Waals surface area contributed by atoms with Crippen molar-refractivity contribution < 1.29 is 9.90 Å². The van der Waals surface area contributed by atoms with Crippen LogP contribution in [0, 0.1) is 11.8 Å². The van der Waals surface area contributed by atoms with Gasteiger partial charge in [-0.15, -0.1) is 11.3 Å². The number of amides is 1. The second kappa shape index (κ2) is 6.61. The number of rotatable bonds is 3. The Labute approximate surface area is 130 Å². The van der Waals surface area contributed by atoms with Crippen LogP contribution in [0.2, 0.25) is 0 Å². The number of aliphatic hydroxyl groups is 1. The number of thiophene rings is 1. The molecule has 1 aromatic heterocycles. The van der Waals surface area contributed by atoms with Crippen LogP contribution in [-0.2, 0) is 11.3 Å². The van der Waals surface area contributed by atoms with Gasteiger partial charge in [-0.05, 0) is 25.3 Å². The Kier molecular flexibility index (Phi) is 5.04. The van der Waals surface area contributed by atoms with E-state index in [1.807, 2.05) is 32.3 Å². The molecule has 1 amide bonds. The molecule has 0 bridgehead atoms. The molecule has 1 aliphatic heterocycles. The molecule has 21 heavy (non-hydrogen) atoms. The van der Waals surface area contributed by atoms with Crippen LogP contribution < -0.4 is 0 Å². The molecule has 2 rings (SSSR count). The number of aliphatic hydroxyl groups excluding tert-OH is 1. The predicted molar refractivity (Wildman–Crippen MR) is 85.0 cm³/mol. The summed E-state index contributed by atoms with van der Waals surface area (Å²) in [6, 6.07) is 2.01. The van der Waals surface area contributed by atoms with Crippen molar-refractivity contribution in [1.29, 1.82) is 0 Å². The Bertz CT molecular complexity index is 568. The summed E-state index contributed by atoms with van der Waals surface area (Å²) in [7, 11) is 1.86. The summed E-state index contributed by atoms with van der Waals surface area (Å²) in [6.07, 6.45) is 0.494. The maximum Gasteiger partial charge on any atom is 0.242 e. The molecule has 1 saturated heterocycles. The van der Waals surface area contributed by atoms with E-state index in [0.717, 1.165) is 25.2 Å². The molecule has 0 spiro atoms. The van der Waals surface area contributed by atoms with E-state index in [1.165, 1.54) is 4.88 Å². The monoisotopic (exact) mass is 306 g/mol. The maximum atomic E-state index is 12.3. The molecule has 0 radical (unpaired) electrons. The van der Waals surface area contributed by atoms with Crippen LogP contribution in [0.1, 0.15) is 30.7 Å². The van der Waals surface area contributed by atoms with Crippen LogP contribution in [0.4, 0.5) is 0 Å². The highest BCUT2D eigenvalue weighted by molar-refractivity contribution is 7.10. The van der Waals surface area contributed by atoms with Crippen LogP contribution in [0.15, 0.2) is 11.4 Å². The molecule has 5 heteroatoms. The number of hydrogen-bond donors (Lipinski definition) is 1. The fraction of sp³-hybridized carbons (Fsp3) is 0.562. The van der Waals surface area contributed by atoms with E-state index in [2.05, 4.69) is 16.7 Å². The van der Waals surface area contributed by atoms with E-state index in [1.54, 1.807) is 16.2 Å². The third-order valence-electron chi connectivity index (χ3n) is 3.91. The third-order valence-corrected chi connectivity index (χ3v) is 4.81. The maximum absolute atomic E-state index is 12.3. The number of piperazine rings is 1. The van der Waals surface area contributed by atoms with Gasteiger partial charge in [-0.1, -0.05) is 11.8 Å². The number of carbonyl (C=O) groups is 1. The average molecular weight is 306 g/mol. The third kappa shape index (κ3) is 3.46. The number of carbonyl (C=O) groups excluding carboxylic acids is 1. The summed E-state index contributed by atoms with van der Waals surface area (Å²) < 4.78 is 0. The minimum absolute atomic E-state index is 0.0897. The lowest BCUT2D eigenvalue weighted by Crippen LogP contribution is -2.61. The number of hydrogen-bond acceptors (Lipinski definition) is 4. The van der Waals surface area contributed by atoms with Crippen molar-refractivity contribution in [2.75, 3.05) is 26.7 Å². The van der Waals surface area contributed by atoms with Crippen LogP contribution in [-0.4, -0.2) is 53.1 Å². The van der Waals surface area contributed by atoms with E-state index in [-0.39, 0.29) is 12.5 Å². The van der Waals surface area contributed by atoms with Gasteiger partial charge in [-0.25, -0.2) is 0 Å². The molecule has 0 aromatic carbocycles. The molecule has 114 valence electrons. The van der Waals surface area contributed by atoms with Crippen LogP contribution in [0.3, 0.4) is 0 Å². The minimum atomic E-state index is -0.479. The van der Waals surface area contributed by atoms with Crippen molar-refractivity contribution in [3.8, 4) is 11.8 Å². The highest BCUT2D eigenvalue weighted by Crippen LogP contribution is 2.27. The Morgan fingerprint density at radius 1 is 1.43 bits per heavy atom. The Balaban J connectivity index is 2.14. The molecule has 2 heterocycles. The number of likely N-dealkylation sites (N-methyl/N-ethyl adjacent to an activating group) is 1. The lowest BCUT2D eigenvalue weighted by atomic mass is 9.97. The zero-order valence-corrected chi connectivity index (χ0v) is 13.7. The molecule has 1 fully saturated rings. The summed E-state index contributed by atoms with van der Waals surface area (Å²) in [5.74, 6) is 6.24. The van der Waals surface area contributed by atoms with Gasteiger partial charge in [0.1, 0.15) is 0 Å². The van der Waals surface area contributed by atoms with Gasteiger partial charge < -0.3 is 10.0 Å². The summed E-state index contributed by atoms with van der Waals surface area (Å²) in [6.45, 7) is 6.43. The fourth-order valence-corrected chi connectivity index (χ4v) is 3.34. The first-order chi connectivity index (χ1) is 9.96. The van der Waals surface area contributed by atoms with Crippen LogP contribution in [0.25, 0.3) is 0 Å². The highest BCUT2D eigenvalue weighted by atomic mass is 32.1. The lowest BCUT2D eigenvalue weighted by Gasteiger charge is -2.44. The van der Waals surface area contributed by atoms with E-state index < -0.39 is 5.54 Å². The predicted octanol–water partition coefficient (Wildman–Crippen LogP) is 1.53. The Hall–Kier alpha value is -1.35. The SMILES string of the molecule is CN1CCN(Cc2sccc2C#CCCO)C(C)(C)C1=O. The zero-order valence-electron chi connectivity index (χ0n) is 12.8. The average Bonchev–Trinajstić information content (AvgIpc) is 2.88. The minimum Gasteiger partial charge on any atom is -0.395 e. The first-order valence-corrected chi connectivity index (χ1v) is 8.01. The lowest BCUT2D eigenvalue weighted by molar-refractivity contribution is -0.147. The molecule has 0 saturated carbocycles. The largest absolute Gasteiger partial charge is 0.395 e. The normalized spacial score (nSPS) is 18.5. The van der Waals surface area contributed by atoms with Crippen molar-refractivity contribution in [2.24, 2.45) is 0 Å². The van der Waals surface area contributed by atoms with Crippen molar-refractivity contribution in [1.82, 2.24) is 9.80 Å². The Morgan fingerprint density at radius 2 is 2.19 bits per heavy atom. The summed E-state index contributed by atoms with van der Waals surface area (Å²) in [5, 5.41) is 10.8. The highest BCUT2D eigenvalue weighted by Gasteiger charge is 2.40. The van der Waals surface area contributed by atoms with Crippen molar-refractivity contribution in [3.05, 3.63) is 21.9 Å². The van der Waals surface area contributed by atoms with Crippen LogP contribution in [0.5, 0.6) is 0 Å². The van der Waals surface area contributed by atoms with Crippen molar-refractivity contribution >= 4 is 17.2 Å². The summed E-state index contributed by atoms with van der Waals surface area (Å²) in [4.78, 5) is 17.5. The van der Waals surface area contributed by atoms with Crippen molar-refractivity contribution in [3.63, 3.8) is 0 Å². The van der Waals surface area contributed by atoms with E-state index in [0.29, 0.717) is 6.42 Å². The second-order valence-electron chi connectivity index (χ2n) is 5.74. The smallest absolute Gasteiger partial charge is 0.242 e. The van der Waals surface area contributed by atoms with Gasteiger partial charge in [0, 0.05) is 43.5 Å². The van der Waals surface area contributed by atoms with Gasteiger partial charge in [-0.3, -0.25) is 9.69 Å². The van der Waals surface area contributed by atoms with Gasteiger partial charge in [0.2, 0.25) is 5.91 Å². The first kappa shape index (κ1) is 16.0. The molecule has 1 aromatic rings. The van der Waals surface area contributed by atoms with Gasteiger partial charge in [0.05, 0.1) is 12.1 Å². The van der Waals surface area contributed by atoms with Gasteiger partial charge in [0.25, 0.3) is 0 Å². The Morgan fingerprint density at radius 3 is 2.90 bits per heavy atom. The molecule has 0 unspecified atom stereocenters. The summed E-state index contributed by atoms with van der Waals surface area (Å²) in [5.41, 5.74) is 0.530. The van der Waals surface area contributed by atoms with Crippen molar-refractivity contribution in [2.45, 2.75) is 32.4 Å². The molecule has 0 aliphatic carbocycles. The quantitative estimate of drug-likeness (QED) is 0.862.